The van der Waals surface area contributed by atoms with Crippen molar-refractivity contribution in [3.8, 4) is 0 Å². The molecule has 0 unspecified atom stereocenters. The minimum atomic E-state index is -0.984. The molecule has 0 saturated heterocycles. The van der Waals surface area contributed by atoms with Crippen molar-refractivity contribution < 1.29 is 14.7 Å². The third-order valence-electron chi connectivity index (χ3n) is 4.00. The van der Waals surface area contributed by atoms with Crippen LogP contribution in [0, 0.1) is 0 Å². The lowest BCUT2D eigenvalue weighted by Crippen LogP contribution is -2.07. The van der Waals surface area contributed by atoms with E-state index in [9.17, 15) is 9.59 Å². The van der Waals surface area contributed by atoms with Gasteiger partial charge in [-0.15, -0.1) is 0 Å². The highest BCUT2D eigenvalue weighted by molar-refractivity contribution is 6.09. The molecule has 0 aliphatic heterocycles. The van der Waals surface area contributed by atoms with Gasteiger partial charge in [-0.25, -0.2) is 4.79 Å². The Morgan fingerprint density at radius 1 is 0.762 bits per heavy atom. The van der Waals surface area contributed by atoms with Gasteiger partial charge in [0.2, 0.25) is 0 Å². The van der Waals surface area contributed by atoms with E-state index in [1.54, 1.807) is 12.1 Å². The average molecular weight is 280 g/mol. The third-order valence-corrected chi connectivity index (χ3v) is 4.00. The summed E-state index contributed by atoms with van der Waals surface area (Å²) < 4.78 is 0. The molecule has 21 heavy (non-hydrogen) atoms. The van der Waals surface area contributed by atoms with Gasteiger partial charge in [0.1, 0.15) is 0 Å². The summed E-state index contributed by atoms with van der Waals surface area (Å²) in [5.41, 5.74) is 4.01. The van der Waals surface area contributed by atoms with Gasteiger partial charge < -0.3 is 5.11 Å². The molecule has 1 aliphatic rings. The van der Waals surface area contributed by atoms with Crippen LogP contribution in [-0.2, 0) is 12.8 Å². The first-order chi connectivity index (χ1) is 10.1. The molecule has 1 aliphatic carbocycles. The summed E-state index contributed by atoms with van der Waals surface area (Å²) in [6.45, 7) is 0. The Morgan fingerprint density at radius 2 is 1.33 bits per heavy atom. The highest BCUT2D eigenvalue weighted by atomic mass is 16.4. The van der Waals surface area contributed by atoms with Crippen molar-refractivity contribution in [3.05, 3.63) is 70.3 Å². The fourth-order valence-electron chi connectivity index (χ4n) is 2.81. The number of benzene rings is 2. The molecule has 1 N–H and O–H groups in total. The molecule has 0 amide bonds. The van der Waals surface area contributed by atoms with Gasteiger partial charge >= 0.3 is 5.97 Å². The molecule has 3 heteroatoms. The van der Waals surface area contributed by atoms with Crippen molar-refractivity contribution in [2.45, 2.75) is 25.7 Å². The zero-order valence-electron chi connectivity index (χ0n) is 11.6. The fraction of sp³-hybridized carbons (Fsp3) is 0.222. The highest BCUT2D eigenvalue weighted by Gasteiger charge is 2.14. The van der Waals surface area contributed by atoms with Crippen molar-refractivity contribution in [1.82, 2.24) is 0 Å². The van der Waals surface area contributed by atoms with E-state index in [0.717, 1.165) is 12.8 Å². The van der Waals surface area contributed by atoms with E-state index in [-0.39, 0.29) is 11.3 Å². The molecular weight excluding hydrogens is 264 g/mol. The lowest BCUT2D eigenvalue weighted by Gasteiger charge is -2.16. The second kappa shape index (κ2) is 5.52. The normalized spacial score (nSPS) is 13.5. The maximum Gasteiger partial charge on any atom is 0.335 e. The molecule has 0 fully saturated rings. The summed E-state index contributed by atoms with van der Waals surface area (Å²) in [6, 6.07) is 12.0. The van der Waals surface area contributed by atoms with Crippen LogP contribution in [0.3, 0.4) is 0 Å². The summed E-state index contributed by atoms with van der Waals surface area (Å²) in [7, 11) is 0. The second-order valence-corrected chi connectivity index (χ2v) is 5.40. The quantitative estimate of drug-likeness (QED) is 0.875. The molecular formula is C18H16O3. The molecule has 0 saturated carbocycles. The number of carbonyl (C=O) groups is 2. The number of aromatic carboxylic acids is 1. The van der Waals surface area contributed by atoms with Crippen molar-refractivity contribution in [1.29, 1.82) is 0 Å². The lowest BCUT2D eigenvalue weighted by atomic mass is 9.89. The maximum absolute atomic E-state index is 12.5. The number of fused-ring (bicyclic) bond motifs is 1. The van der Waals surface area contributed by atoms with Crippen molar-refractivity contribution in [2.75, 3.05) is 0 Å². The molecule has 2 aromatic rings. The first-order valence-electron chi connectivity index (χ1n) is 7.15. The Hall–Kier alpha value is -2.42. The standard InChI is InChI=1S/C18H16O3/c19-17(13-6-8-14(9-7-13)18(20)21)16-10-5-12-3-1-2-4-15(12)11-16/h5-11H,1-4H2,(H,20,21). The predicted molar refractivity (Wildman–Crippen MR) is 79.9 cm³/mol. The summed E-state index contributed by atoms with van der Waals surface area (Å²) in [4.78, 5) is 23.3. The molecule has 0 aromatic heterocycles. The summed E-state index contributed by atoms with van der Waals surface area (Å²) in [6.07, 6.45) is 4.53. The van der Waals surface area contributed by atoms with E-state index in [1.165, 1.54) is 36.1 Å². The molecule has 3 nitrogen and oxygen atoms in total. The number of carboxylic acids is 1. The fourth-order valence-corrected chi connectivity index (χ4v) is 2.81. The third kappa shape index (κ3) is 2.72. The number of hydrogen-bond donors (Lipinski definition) is 1. The zero-order chi connectivity index (χ0) is 14.8. The molecule has 3 rings (SSSR count). The number of aryl methyl sites for hydroxylation is 2. The van der Waals surface area contributed by atoms with E-state index in [2.05, 4.69) is 0 Å². The molecule has 0 bridgehead atoms. The van der Waals surface area contributed by atoms with E-state index in [0.29, 0.717) is 11.1 Å². The van der Waals surface area contributed by atoms with Crippen LogP contribution in [0.1, 0.15) is 50.2 Å². The van der Waals surface area contributed by atoms with Gasteiger partial charge in [-0.2, -0.15) is 0 Å². The largest absolute Gasteiger partial charge is 0.478 e. The molecule has 0 radical (unpaired) electrons. The number of carboxylic acid groups (broad SMARTS) is 1. The Morgan fingerprint density at radius 3 is 2.00 bits per heavy atom. The topological polar surface area (TPSA) is 54.4 Å². The maximum atomic E-state index is 12.5. The number of carbonyl (C=O) groups excluding carboxylic acids is 1. The zero-order valence-corrected chi connectivity index (χ0v) is 11.6. The van der Waals surface area contributed by atoms with E-state index in [4.69, 9.17) is 5.11 Å². The second-order valence-electron chi connectivity index (χ2n) is 5.40. The van der Waals surface area contributed by atoms with E-state index >= 15 is 0 Å². The lowest BCUT2D eigenvalue weighted by molar-refractivity contribution is 0.0696. The van der Waals surface area contributed by atoms with Gasteiger partial charge in [-0.05, 0) is 55.0 Å². The smallest absolute Gasteiger partial charge is 0.335 e. The van der Waals surface area contributed by atoms with Gasteiger partial charge in [0, 0.05) is 11.1 Å². The minimum Gasteiger partial charge on any atom is -0.478 e. The van der Waals surface area contributed by atoms with Gasteiger partial charge in [0.25, 0.3) is 0 Å². The van der Waals surface area contributed by atoms with E-state index < -0.39 is 5.97 Å². The van der Waals surface area contributed by atoms with Gasteiger partial charge in [-0.3, -0.25) is 4.79 Å². The summed E-state index contributed by atoms with van der Waals surface area (Å²) >= 11 is 0. The Labute approximate surface area is 123 Å². The number of hydrogen-bond acceptors (Lipinski definition) is 2. The molecule has 0 atom stereocenters. The Bertz CT molecular complexity index is 699. The van der Waals surface area contributed by atoms with Crippen LogP contribution in [0.2, 0.25) is 0 Å². The Kier molecular flexibility index (Phi) is 3.57. The van der Waals surface area contributed by atoms with E-state index in [1.807, 2.05) is 18.2 Å². The van der Waals surface area contributed by atoms with Crippen molar-refractivity contribution in [2.24, 2.45) is 0 Å². The van der Waals surface area contributed by atoms with Crippen LogP contribution in [-0.4, -0.2) is 16.9 Å². The van der Waals surface area contributed by atoms with Crippen LogP contribution < -0.4 is 0 Å². The SMILES string of the molecule is O=C(O)c1ccc(C(=O)c2ccc3c(c2)CCCC3)cc1. The van der Waals surface area contributed by atoms with Crippen molar-refractivity contribution >= 4 is 11.8 Å². The predicted octanol–water partition coefficient (Wildman–Crippen LogP) is 3.49. The highest BCUT2D eigenvalue weighted by Crippen LogP contribution is 2.23. The molecule has 0 spiro atoms. The molecule has 2 aromatic carbocycles. The van der Waals surface area contributed by atoms with Crippen LogP contribution in [0.5, 0.6) is 0 Å². The monoisotopic (exact) mass is 280 g/mol. The van der Waals surface area contributed by atoms with Gasteiger partial charge in [0.05, 0.1) is 5.56 Å². The van der Waals surface area contributed by atoms with Gasteiger partial charge in [0.15, 0.2) is 5.78 Å². The summed E-state index contributed by atoms with van der Waals surface area (Å²) in [5.74, 6) is -1.04. The minimum absolute atomic E-state index is 0.0553. The average Bonchev–Trinajstić information content (AvgIpc) is 2.54. The molecule has 0 heterocycles. The Balaban J connectivity index is 1.89. The van der Waals surface area contributed by atoms with Gasteiger partial charge in [-0.1, -0.05) is 24.3 Å². The van der Waals surface area contributed by atoms with Crippen molar-refractivity contribution in [3.63, 3.8) is 0 Å². The van der Waals surface area contributed by atoms with Crippen LogP contribution in [0.4, 0.5) is 0 Å². The van der Waals surface area contributed by atoms with Crippen LogP contribution >= 0.6 is 0 Å². The molecule has 106 valence electrons. The number of ketones is 1. The van der Waals surface area contributed by atoms with Crippen LogP contribution in [0.25, 0.3) is 0 Å². The van der Waals surface area contributed by atoms with Crippen LogP contribution in [0.15, 0.2) is 42.5 Å². The number of rotatable bonds is 3. The first kappa shape index (κ1) is 13.6. The first-order valence-corrected chi connectivity index (χ1v) is 7.15. The summed E-state index contributed by atoms with van der Waals surface area (Å²) in [5, 5.41) is 8.88.